The number of hydrogen-bond acceptors (Lipinski definition) is 4. The Morgan fingerprint density at radius 1 is 1.33 bits per heavy atom. The Kier molecular flexibility index (Phi) is 5.22. The van der Waals surface area contributed by atoms with Crippen LogP contribution in [-0.4, -0.2) is 25.4 Å². The number of nitriles is 1. The van der Waals surface area contributed by atoms with E-state index in [-0.39, 0.29) is 12.0 Å². The SMILES string of the molecule is CCOC1CC(NCc2ccc(OCC#N)cc2)C1(C)C. The highest BCUT2D eigenvalue weighted by atomic mass is 16.5. The van der Waals surface area contributed by atoms with Crippen LogP contribution < -0.4 is 10.1 Å². The van der Waals surface area contributed by atoms with E-state index in [0.717, 1.165) is 25.3 Å². The molecule has 1 fully saturated rings. The lowest BCUT2D eigenvalue weighted by Crippen LogP contribution is -2.60. The lowest BCUT2D eigenvalue weighted by atomic mass is 9.64. The van der Waals surface area contributed by atoms with Crippen molar-refractivity contribution in [1.29, 1.82) is 5.26 Å². The predicted octanol–water partition coefficient (Wildman–Crippen LogP) is 2.88. The number of ether oxygens (including phenoxy) is 2. The van der Waals surface area contributed by atoms with Gasteiger partial charge in [0.1, 0.15) is 11.8 Å². The van der Waals surface area contributed by atoms with Gasteiger partial charge in [0, 0.05) is 24.6 Å². The standard InChI is InChI=1S/C17H24N2O2/c1-4-20-16-11-15(17(16,2)3)19-12-13-5-7-14(8-6-13)21-10-9-18/h5-8,15-16,19H,4,10-12H2,1-3H3. The van der Waals surface area contributed by atoms with Crippen LogP contribution in [0.1, 0.15) is 32.8 Å². The van der Waals surface area contributed by atoms with Crippen LogP contribution >= 0.6 is 0 Å². The molecule has 1 aromatic rings. The van der Waals surface area contributed by atoms with Crippen molar-refractivity contribution in [3.05, 3.63) is 29.8 Å². The third-order valence-corrected chi connectivity index (χ3v) is 4.32. The first-order chi connectivity index (χ1) is 10.1. The van der Waals surface area contributed by atoms with Crippen LogP contribution in [0.5, 0.6) is 5.75 Å². The molecule has 1 N–H and O–H groups in total. The molecule has 0 radical (unpaired) electrons. The van der Waals surface area contributed by atoms with E-state index < -0.39 is 0 Å². The lowest BCUT2D eigenvalue weighted by molar-refractivity contribution is -0.114. The minimum absolute atomic E-state index is 0.0900. The Bertz CT molecular complexity index is 491. The zero-order valence-corrected chi connectivity index (χ0v) is 13.1. The summed E-state index contributed by atoms with van der Waals surface area (Å²) in [6.07, 6.45) is 1.44. The summed E-state index contributed by atoms with van der Waals surface area (Å²) in [4.78, 5) is 0. The quantitative estimate of drug-likeness (QED) is 0.838. The summed E-state index contributed by atoms with van der Waals surface area (Å²) in [5.41, 5.74) is 1.40. The molecule has 0 aromatic heterocycles. The summed E-state index contributed by atoms with van der Waals surface area (Å²) in [5.74, 6) is 0.737. The fourth-order valence-corrected chi connectivity index (χ4v) is 2.78. The van der Waals surface area contributed by atoms with Crippen molar-refractivity contribution in [2.24, 2.45) is 5.41 Å². The molecule has 4 heteroatoms. The second-order valence-corrected chi connectivity index (χ2v) is 6.03. The van der Waals surface area contributed by atoms with Gasteiger partial charge in [0.15, 0.2) is 6.61 Å². The molecule has 1 saturated carbocycles. The summed E-state index contributed by atoms with van der Waals surface area (Å²) in [7, 11) is 0. The molecule has 114 valence electrons. The van der Waals surface area contributed by atoms with Crippen LogP contribution in [0.15, 0.2) is 24.3 Å². The minimum Gasteiger partial charge on any atom is -0.479 e. The molecule has 4 nitrogen and oxygen atoms in total. The Morgan fingerprint density at radius 3 is 2.62 bits per heavy atom. The van der Waals surface area contributed by atoms with Crippen molar-refractivity contribution < 1.29 is 9.47 Å². The molecule has 2 unspecified atom stereocenters. The van der Waals surface area contributed by atoms with Crippen molar-refractivity contribution in [2.45, 2.75) is 45.9 Å². The highest BCUT2D eigenvalue weighted by molar-refractivity contribution is 5.27. The van der Waals surface area contributed by atoms with Crippen LogP contribution in [0.25, 0.3) is 0 Å². The normalized spacial score (nSPS) is 23.1. The molecule has 0 bridgehead atoms. The third-order valence-electron chi connectivity index (χ3n) is 4.32. The summed E-state index contributed by atoms with van der Waals surface area (Å²) >= 11 is 0. The number of nitrogens with one attached hydrogen (secondary N) is 1. The zero-order chi connectivity index (χ0) is 15.3. The molecule has 1 aliphatic carbocycles. The van der Waals surface area contributed by atoms with Crippen molar-refractivity contribution >= 4 is 0 Å². The maximum Gasteiger partial charge on any atom is 0.174 e. The zero-order valence-electron chi connectivity index (χ0n) is 13.1. The molecule has 1 aliphatic rings. The maximum absolute atomic E-state index is 8.47. The average molecular weight is 288 g/mol. The predicted molar refractivity (Wildman–Crippen MR) is 82.0 cm³/mol. The van der Waals surface area contributed by atoms with Gasteiger partial charge < -0.3 is 14.8 Å². The van der Waals surface area contributed by atoms with E-state index in [2.05, 4.69) is 19.2 Å². The molecule has 2 rings (SSSR count). The van der Waals surface area contributed by atoms with Crippen molar-refractivity contribution in [2.75, 3.05) is 13.2 Å². The van der Waals surface area contributed by atoms with Gasteiger partial charge >= 0.3 is 0 Å². The van der Waals surface area contributed by atoms with Crippen molar-refractivity contribution in [1.82, 2.24) is 5.32 Å². The van der Waals surface area contributed by atoms with Gasteiger partial charge in [0.2, 0.25) is 0 Å². The second kappa shape index (κ2) is 6.93. The summed E-state index contributed by atoms with van der Waals surface area (Å²) in [6, 6.07) is 10.3. The van der Waals surface area contributed by atoms with E-state index >= 15 is 0 Å². The topological polar surface area (TPSA) is 54.3 Å². The minimum atomic E-state index is 0.0900. The highest BCUT2D eigenvalue weighted by Gasteiger charge is 2.48. The fourth-order valence-electron chi connectivity index (χ4n) is 2.78. The summed E-state index contributed by atoms with van der Waals surface area (Å²) in [5, 5.41) is 12.1. The number of nitrogens with zero attached hydrogens (tertiary/aromatic N) is 1. The monoisotopic (exact) mass is 288 g/mol. The van der Waals surface area contributed by atoms with Crippen LogP contribution in [0.3, 0.4) is 0 Å². The molecule has 2 atom stereocenters. The van der Waals surface area contributed by atoms with Gasteiger partial charge in [-0.1, -0.05) is 26.0 Å². The van der Waals surface area contributed by atoms with Gasteiger partial charge in [0.25, 0.3) is 0 Å². The van der Waals surface area contributed by atoms with E-state index in [9.17, 15) is 0 Å². The molecule has 0 amide bonds. The van der Waals surface area contributed by atoms with Gasteiger partial charge in [-0.2, -0.15) is 5.26 Å². The molecule has 21 heavy (non-hydrogen) atoms. The van der Waals surface area contributed by atoms with Gasteiger partial charge in [0.05, 0.1) is 6.10 Å². The first-order valence-corrected chi connectivity index (χ1v) is 7.51. The Morgan fingerprint density at radius 2 is 2.05 bits per heavy atom. The van der Waals surface area contributed by atoms with Gasteiger partial charge in [-0.3, -0.25) is 0 Å². The molecule has 0 spiro atoms. The van der Waals surface area contributed by atoms with Crippen LogP contribution in [-0.2, 0) is 11.3 Å². The lowest BCUT2D eigenvalue weighted by Gasteiger charge is -2.52. The van der Waals surface area contributed by atoms with Gasteiger partial charge in [-0.15, -0.1) is 0 Å². The summed E-state index contributed by atoms with van der Waals surface area (Å²) in [6.45, 7) is 8.27. The van der Waals surface area contributed by atoms with Crippen LogP contribution in [0.4, 0.5) is 0 Å². The molecular formula is C17H24N2O2. The van der Waals surface area contributed by atoms with Crippen molar-refractivity contribution in [3.63, 3.8) is 0 Å². The fraction of sp³-hybridized carbons (Fsp3) is 0.588. The smallest absolute Gasteiger partial charge is 0.174 e. The summed E-state index contributed by atoms with van der Waals surface area (Å²) < 4.78 is 11.0. The van der Waals surface area contributed by atoms with Crippen LogP contribution in [0, 0.1) is 16.7 Å². The first-order valence-electron chi connectivity index (χ1n) is 7.51. The Balaban J connectivity index is 1.80. The van der Waals surface area contributed by atoms with Crippen LogP contribution in [0.2, 0.25) is 0 Å². The van der Waals surface area contributed by atoms with Gasteiger partial charge in [-0.05, 0) is 31.0 Å². The van der Waals surface area contributed by atoms with E-state index in [4.69, 9.17) is 14.7 Å². The highest BCUT2D eigenvalue weighted by Crippen LogP contribution is 2.42. The second-order valence-electron chi connectivity index (χ2n) is 6.03. The van der Waals surface area contributed by atoms with Gasteiger partial charge in [-0.25, -0.2) is 0 Å². The molecule has 1 aromatic carbocycles. The Hall–Kier alpha value is -1.57. The van der Waals surface area contributed by atoms with E-state index in [1.165, 1.54) is 5.56 Å². The molecular weight excluding hydrogens is 264 g/mol. The van der Waals surface area contributed by atoms with Crippen molar-refractivity contribution in [3.8, 4) is 11.8 Å². The maximum atomic E-state index is 8.47. The molecule has 0 aliphatic heterocycles. The number of hydrogen-bond donors (Lipinski definition) is 1. The third kappa shape index (κ3) is 3.75. The number of rotatable bonds is 7. The largest absolute Gasteiger partial charge is 0.479 e. The van der Waals surface area contributed by atoms with E-state index in [0.29, 0.717) is 12.1 Å². The number of benzene rings is 1. The first kappa shape index (κ1) is 15.8. The van der Waals surface area contributed by atoms with E-state index in [1.54, 1.807) is 0 Å². The molecule has 0 saturated heterocycles. The molecule has 0 heterocycles. The Labute approximate surface area is 127 Å². The average Bonchev–Trinajstić information content (AvgIpc) is 2.49. The van der Waals surface area contributed by atoms with E-state index in [1.807, 2.05) is 37.3 Å².